The molecule has 1 rings (SSSR count). The third-order valence-corrected chi connectivity index (χ3v) is 3.30. The first-order chi connectivity index (χ1) is 6.72. The van der Waals surface area contributed by atoms with Gasteiger partial charge in [-0.2, -0.15) is 0 Å². The van der Waals surface area contributed by atoms with Gasteiger partial charge in [0, 0.05) is 10.9 Å². The Morgan fingerprint density at radius 3 is 3.00 bits per heavy atom. The molecule has 76 valence electrons. The van der Waals surface area contributed by atoms with Gasteiger partial charge in [0.25, 0.3) is 0 Å². The molecular formula is C11H14ClNS. The van der Waals surface area contributed by atoms with Gasteiger partial charge in [-0.05, 0) is 31.9 Å². The molecule has 0 bridgehead atoms. The van der Waals surface area contributed by atoms with Gasteiger partial charge in [0.2, 0.25) is 0 Å². The number of aryl methyl sites for hydroxylation is 1. The SMILES string of the molecule is C#CCNC(C)CCc1ccc(Cl)s1. The zero-order valence-electron chi connectivity index (χ0n) is 8.22. The fraction of sp³-hybridized carbons (Fsp3) is 0.455. The maximum Gasteiger partial charge on any atom is 0.0931 e. The van der Waals surface area contributed by atoms with Crippen LogP contribution < -0.4 is 5.32 Å². The lowest BCUT2D eigenvalue weighted by molar-refractivity contribution is 0.548. The van der Waals surface area contributed by atoms with E-state index in [0.29, 0.717) is 12.6 Å². The summed E-state index contributed by atoms with van der Waals surface area (Å²) in [5.41, 5.74) is 0. The van der Waals surface area contributed by atoms with E-state index in [-0.39, 0.29) is 0 Å². The van der Waals surface area contributed by atoms with E-state index in [0.717, 1.165) is 17.2 Å². The van der Waals surface area contributed by atoms with E-state index in [1.54, 1.807) is 11.3 Å². The molecular weight excluding hydrogens is 214 g/mol. The molecule has 1 heterocycles. The number of halogens is 1. The van der Waals surface area contributed by atoms with Crippen molar-refractivity contribution in [1.29, 1.82) is 0 Å². The van der Waals surface area contributed by atoms with Crippen molar-refractivity contribution < 1.29 is 0 Å². The van der Waals surface area contributed by atoms with E-state index >= 15 is 0 Å². The highest BCUT2D eigenvalue weighted by atomic mass is 35.5. The van der Waals surface area contributed by atoms with Gasteiger partial charge < -0.3 is 5.32 Å². The number of hydrogen-bond donors (Lipinski definition) is 1. The van der Waals surface area contributed by atoms with E-state index in [2.05, 4.69) is 24.2 Å². The Kier molecular flexibility index (Phi) is 5.03. The van der Waals surface area contributed by atoms with Crippen molar-refractivity contribution in [2.75, 3.05) is 6.54 Å². The largest absolute Gasteiger partial charge is 0.304 e. The highest BCUT2D eigenvalue weighted by Gasteiger charge is 2.02. The molecule has 0 aliphatic heterocycles. The second-order valence-corrected chi connectivity index (χ2v) is 5.03. The molecule has 1 N–H and O–H groups in total. The molecule has 1 aromatic heterocycles. The van der Waals surface area contributed by atoms with Crippen LogP contribution in [-0.2, 0) is 6.42 Å². The minimum absolute atomic E-state index is 0.465. The Balaban J connectivity index is 2.24. The molecule has 1 unspecified atom stereocenters. The van der Waals surface area contributed by atoms with Gasteiger partial charge in [-0.1, -0.05) is 17.5 Å². The van der Waals surface area contributed by atoms with Crippen LogP contribution in [0.1, 0.15) is 18.2 Å². The van der Waals surface area contributed by atoms with Crippen molar-refractivity contribution in [1.82, 2.24) is 5.32 Å². The van der Waals surface area contributed by atoms with Crippen LogP contribution in [0.5, 0.6) is 0 Å². The molecule has 3 heteroatoms. The van der Waals surface area contributed by atoms with Gasteiger partial charge in [0.15, 0.2) is 0 Å². The molecule has 0 spiro atoms. The minimum atomic E-state index is 0.465. The lowest BCUT2D eigenvalue weighted by Crippen LogP contribution is -2.26. The highest BCUT2D eigenvalue weighted by molar-refractivity contribution is 7.16. The van der Waals surface area contributed by atoms with Crippen molar-refractivity contribution in [3.05, 3.63) is 21.3 Å². The molecule has 0 fully saturated rings. The highest BCUT2D eigenvalue weighted by Crippen LogP contribution is 2.22. The lowest BCUT2D eigenvalue weighted by Gasteiger charge is -2.10. The summed E-state index contributed by atoms with van der Waals surface area (Å²) in [6, 6.07) is 4.49. The third-order valence-electron chi connectivity index (χ3n) is 2.01. The average molecular weight is 228 g/mol. The van der Waals surface area contributed by atoms with Gasteiger partial charge in [-0.15, -0.1) is 17.8 Å². The maximum atomic E-state index is 5.84. The number of terminal acetylenes is 1. The Morgan fingerprint density at radius 1 is 1.64 bits per heavy atom. The maximum absolute atomic E-state index is 5.84. The van der Waals surface area contributed by atoms with Crippen LogP contribution in [0.4, 0.5) is 0 Å². The summed E-state index contributed by atoms with van der Waals surface area (Å²) in [7, 11) is 0. The zero-order chi connectivity index (χ0) is 10.4. The van der Waals surface area contributed by atoms with Gasteiger partial charge >= 0.3 is 0 Å². The summed E-state index contributed by atoms with van der Waals surface area (Å²) in [4.78, 5) is 1.34. The van der Waals surface area contributed by atoms with Crippen LogP contribution in [0.2, 0.25) is 4.34 Å². The molecule has 0 radical (unpaired) electrons. The number of hydrogen-bond acceptors (Lipinski definition) is 2. The molecule has 0 saturated heterocycles. The molecule has 0 saturated carbocycles. The van der Waals surface area contributed by atoms with E-state index in [4.69, 9.17) is 18.0 Å². The quantitative estimate of drug-likeness (QED) is 0.763. The Morgan fingerprint density at radius 2 is 2.43 bits per heavy atom. The summed E-state index contributed by atoms with van der Waals surface area (Å²) >= 11 is 7.49. The Labute approximate surface area is 94.5 Å². The summed E-state index contributed by atoms with van der Waals surface area (Å²) < 4.78 is 0.865. The van der Waals surface area contributed by atoms with E-state index in [1.807, 2.05) is 6.07 Å². The van der Waals surface area contributed by atoms with Crippen LogP contribution in [-0.4, -0.2) is 12.6 Å². The van der Waals surface area contributed by atoms with E-state index < -0.39 is 0 Å². The predicted octanol–water partition coefficient (Wildman–Crippen LogP) is 2.95. The van der Waals surface area contributed by atoms with E-state index in [1.165, 1.54) is 4.88 Å². The van der Waals surface area contributed by atoms with Crippen molar-refractivity contribution >= 4 is 22.9 Å². The molecule has 0 aliphatic carbocycles. The molecule has 1 aromatic rings. The smallest absolute Gasteiger partial charge is 0.0931 e. The van der Waals surface area contributed by atoms with Gasteiger partial charge in [0.05, 0.1) is 10.9 Å². The van der Waals surface area contributed by atoms with Crippen molar-refractivity contribution in [3.63, 3.8) is 0 Å². The minimum Gasteiger partial charge on any atom is -0.304 e. The summed E-state index contributed by atoms with van der Waals surface area (Å²) in [5.74, 6) is 2.57. The zero-order valence-corrected chi connectivity index (χ0v) is 9.79. The number of rotatable bonds is 5. The van der Waals surface area contributed by atoms with Crippen LogP contribution in [0.25, 0.3) is 0 Å². The van der Waals surface area contributed by atoms with Gasteiger partial charge in [-0.25, -0.2) is 0 Å². The Hall–Kier alpha value is -0.490. The van der Waals surface area contributed by atoms with Crippen LogP contribution in [0, 0.1) is 12.3 Å². The van der Waals surface area contributed by atoms with Gasteiger partial charge in [0.1, 0.15) is 0 Å². The second-order valence-electron chi connectivity index (χ2n) is 3.23. The van der Waals surface area contributed by atoms with E-state index in [9.17, 15) is 0 Å². The van der Waals surface area contributed by atoms with Crippen molar-refractivity contribution in [3.8, 4) is 12.3 Å². The molecule has 1 atom stereocenters. The predicted molar refractivity (Wildman–Crippen MR) is 63.9 cm³/mol. The fourth-order valence-corrected chi connectivity index (χ4v) is 2.28. The first-order valence-electron chi connectivity index (χ1n) is 4.63. The third kappa shape index (κ3) is 4.15. The van der Waals surface area contributed by atoms with Crippen molar-refractivity contribution in [2.45, 2.75) is 25.8 Å². The molecule has 0 aliphatic rings. The molecule has 14 heavy (non-hydrogen) atoms. The van der Waals surface area contributed by atoms with Gasteiger partial charge in [-0.3, -0.25) is 0 Å². The lowest BCUT2D eigenvalue weighted by atomic mass is 10.1. The molecule has 1 nitrogen and oxygen atoms in total. The van der Waals surface area contributed by atoms with Crippen molar-refractivity contribution in [2.24, 2.45) is 0 Å². The Bertz CT molecular complexity index is 313. The number of thiophene rings is 1. The number of nitrogens with one attached hydrogen (secondary N) is 1. The van der Waals surface area contributed by atoms with Crippen LogP contribution in [0.15, 0.2) is 12.1 Å². The summed E-state index contributed by atoms with van der Waals surface area (Å²) in [6.45, 7) is 2.79. The first-order valence-corrected chi connectivity index (χ1v) is 5.83. The molecule has 0 amide bonds. The standard InChI is InChI=1S/C11H14ClNS/c1-3-8-13-9(2)4-5-10-6-7-11(12)14-10/h1,6-7,9,13H,4-5,8H2,2H3. The molecule has 0 aromatic carbocycles. The topological polar surface area (TPSA) is 12.0 Å². The average Bonchev–Trinajstić information content (AvgIpc) is 2.58. The monoisotopic (exact) mass is 227 g/mol. The normalized spacial score (nSPS) is 12.4. The van der Waals surface area contributed by atoms with Crippen LogP contribution >= 0.6 is 22.9 Å². The second kappa shape index (κ2) is 6.08. The first kappa shape index (κ1) is 11.6. The van der Waals surface area contributed by atoms with Crippen LogP contribution in [0.3, 0.4) is 0 Å². The summed E-state index contributed by atoms with van der Waals surface area (Å²) in [6.07, 6.45) is 7.32. The fourth-order valence-electron chi connectivity index (χ4n) is 1.18. The summed E-state index contributed by atoms with van der Waals surface area (Å²) in [5, 5.41) is 3.24.